The molecule has 0 radical (unpaired) electrons. The third-order valence-corrected chi connectivity index (χ3v) is 3.88. The van der Waals surface area contributed by atoms with Crippen LogP contribution in [0.25, 0.3) is 0 Å². The van der Waals surface area contributed by atoms with E-state index in [1.165, 1.54) is 12.8 Å². The molecule has 0 heterocycles. The first-order valence-corrected chi connectivity index (χ1v) is 8.12. The molecule has 0 amide bonds. The fourth-order valence-electron chi connectivity index (χ4n) is 2.37. The zero-order valence-electron chi connectivity index (χ0n) is 13.7. The van der Waals surface area contributed by atoms with Gasteiger partial charge in [0.2, 0.25) is 0 Å². The molecule has 0 saturated carbocycles. The Morgan fingerprint density at radius 2 is 2.05 bits per heavy atom. The Morgan fingerprint density at radius 3 is 2.71 bits per heavy atom. The van der Waals surface area contributed by atoms with Gasteiger partial charge in [0.25, 0.3) is 0 Å². The van der Waals surface area contributed by atoms with Gasteiger partial charge in [-0.25, -0.2) is 4.79 Å². The predicted molar refractivity (Wildman–Crippen MR) is 87.7 cm³/mol. The summed E-state index contributed by atoms with van der Waals surface area (Å²) < 4.78 is 5.54. The van der Waals surface area contributed by atoms with Crippen molar-refractivity contribution in [1.82, 2.24) is 5.32 Å². The third-order valence-electron chi connectivity index (χ3n) is 3.88. The Hall–Kier alpha value is -1.35. The van der Waals surface area contributed by atoms with Crippen molar-refractivity contribution in [2.75, 3.05) is 20.2 Å². The van der Waals surface area contributed by atoms with E-state index in [0.717, 1.165) is 31.4 Å². The molecular formula is C18H29NO2. The number of benzene rings is 1. The van der Waals surface area contributed by atoms with Gasteiger partial charge >= 0.3 is 5.97 Å². The maximum atomic E-state index is 12.3. The highest BCUT2D eigenvalue weighted by molar-refractivity contribution is 5.91. The number of nitrogens with one attached hydrogen (secondary N) is 1. The fourth-order valence-corrected chi connectivity index (χ4v) is 2.37. The zero-order chi connectivity index (χ0) is 15.5. The van der Waals surface area contributed by atoms with Gasteiger partial charge in [0, 0.05) is 0 Å². The summed E-state index contributed by atoms with van der Waals surface area (Å²) in [4.78, 5) is 12.3. The molecule has 0 saturated heterocycles. The minimum atomic E-state index is -0.184. The Morgan fingerprint density at radius 1 is 1.29 bits per heavy atom. The number of hydrogen-bond donors (Lipinski definition) is 1. The van der Waals surface area contributed by atoms with Crippen molar-refractivity contribution in [3.63, 3.8) is 0 Å². The first kappa shape index (κ1) is 17.7. The van der Waals surface area contributed by atoms with Crippen molar-refractivity contribution >= 4 is 5.97 Å². The van der Waals surface area contributed by atoms with E-state index in [2.05, 4.69) is 19.2 Å². The monoisotopic (exact) mass is 291 g/mol. The Bertz CT molecular complexity index is 417. The van der Waals surface area contributed by atoms with Crippen LogP contribution in [0.15, 0.2) is 24.3 Å². The molecule has 0 fully saturated rings. The fraction of sp³-hybridized carbons (Fsp3) is 0.611. The molecule has 1 atom stereocenters. The van der Waals surface area contributed by atoms with Crippen LogP contribution >= 0.6 is 0 Å². The van der Waals surface area contributed by atoms with Crippen LogP contribution < -0.4 is 5.32 Å². The Kier molecular flexibility index (Phi) is 8.76. The third kappa shape index (κ3) is 6.30. The number of likely N-dealkylation sites (N-methyl/N-ethyl adjacent to an activating group) is 1. The van der Waals surface area contributed by atoms with Crippen molar-refractivity contribution in [3.05, 3.63) is 35.4 Å². The lowest BCUT2D eigenvalue weighted by Crippen LogP contribution is -2.17. The van der Waals surface area contributed by atoms with Gasteiger partial charge in [-0.3, -0.25) is 0 Å². The normalized spacial score (nSPS) is 12.1. The van der Waals surface area contributed by atoms with Crippen LogP contribution in [0.3, 0.4) is 0 Å². The Labute approximate surface area is 129 Å². The summed E-state index contributed by atoms with van der Waals surface area (Å²) in [5, 5.41) is 3.11. The second-order valence-electron chi connectivity index (χ2n) is 5.53. The van der Waals surface area contributed by atoms with Crippen molar-refractivity contribution < 1.29 is 9.53 Å². The summed E-state index contributed by atoms with van der Waals surface area (Å²) in [7, 11) is 1.92. The van der Waals surface area contributed by atoms with Crippen LogP contribution in [0.1, 0.15) is 55.5 Å². The summed E-state index contributed by atoms with van der Waals surface area (Å²) in [6.07, 6.45) is 5.44. The molecule has 0 aliphatic carbocycles. The highest BCUT2D eigenvalue weighted by Crippen LogP contribution is 2.16. The average molecular weight is 291 g/mol. The van der Waals surface area contributed by atoms with E-state index in [0.29, 0.717) is 18.1 Å². The highest BCUT2D eigenvalue weighted by atomic mass is 16.5. The van der Waals surface area contributed by atoms with Gasteiger partial charge in [0.1, 0.15) is 0 Å². The van der Waals surface area contributed by atoms with Gasteiger partial charge in [-0.2, -0.15) is 0 Å². The van der Waals surface area contributed by atoms with E-state index in [1.807, 2.05) is 31.3 Å². The minimum Gasteiger partial charge on any atom is -0.462 e. The van der Waals surface area contributed by atoms with Gasteiger partial charge in [-0.05, 0) is 44.0 Å². The minimum absolute atomic E-state index is 0.184. The lowest BCUT2D eigenvalue weighted by Gasteiger charge is -2.15. The van der Waals surface area contributed by atoms with E-state index < -0.39 is 0 Å². The molecule has 21 heavy (non-hydrogen) atoms. The standard InChI is InChI=1S/C18H29NO2/c1-4-6-9-15(5-2)14-21-18(20)17-11-8-7-10-16(17)12-13-19-3/h7-8,10-11,15,19H,4-6,9,12-14H2,1-3H3. The molecule has 3 nitrogen and oxygen atoms in total. The SMILES string of the molecule is CCCCC(CC)COC(=O)c1ccccc1CCNC. The van der Waals surface area contributed by atoms with E-state index in [-0.39, 0.29) is 5.97 Å². The maximum Gasteiger partial charge on any atom is 0.338 e. The van der Waals surface area contributed by atoms with Crippen LogP contribution in [0.5, 0.6) is 0 Å². The number of hydrogen-bond acceptors (Lipinski definition) is 3. The number of esters is 1. The van der Waals surface area contributed by atoms with Crippen molar-refractivity contribution in [2.45, 2.75) is 46.0 Å². The molecule has 0 bridgehead atoms. The molecule has 118 valence electrons. The van der Waals surface area contributed by atoms with Crippen LogP contribution in [0.4, 0.5) is 0 Å². The van der Waals surface area contributed by atoms with Gasteiger partial charge in [0.15, 0.2) is 0 Å². The molecule has 1 aromatic carbocycles. The van der Waals surface area contributed by atoms with E-state index >= 15 is 0 Å². The number of carbonyl (C=O) groups excluding carboxylic acids is 1. The molecule has 0 aliphatic heterocycles. The van der Waals surface area contributed by atoms with E-state index in [1.54, 1.807) is 0 Å². The van der Waals surface area contributed by atoms with Crippen LogP contribution in [0.2, 0.25) is 0 Å². The van der Waals surface area contributed by atoms with Crippen molar-refractivity contribution in [2.24, 2.45) is 5.92 Å². The van der Waals surface area contributed by atoms with Crippen molar-refractivity contribution in [1.29, 1.82) is 0 Å². The summed E-state index contributed by atoms with van der Waals surface area (Å²) in [6, 6.07) is 7.73. The molecule has 3 heteroatoms. The summed E-state index contributed by atoms with van der Waals surface area (Å²) >= 11 is 0. The predicted octanol–water partition coefficient (Wildman–Crippen LogP) is 3.82. The van der Waals surface area contributed by atoms with Crippen LogP contribution in [-0.4, -0.2) is 26.2 Å². The van der Waals surface area contributed by atoms with Crippen LogP contribution in [-0.2, 0) is 11.2 Å². The first-order chi connectivity index (χ1) is 10.2. The number of ether oxygens (including phenoxy) is 1. The second-order valence-corrected chi connectivity index (χ2v) is 5.53. The lowest BCUT2D eigenvalue weighted by molar-refractivity contribution is 0.0427. The van der Waals surface area contributed by atoms with Gasteiger partial charge in [-0.1, -0.05) is 51.3 Å². The molecule has 1 rings (SSSR count). The van der Waals surface area contributed by atoms with E-state index in [4.69, 9.17) is 4.74 Å². The highest BCUT2D eigenvalue weighted by Gasteiger charge is 2.14. The molecule has 1 aromatic rings. The van der Waals surface area contributed by atoms with Gasteiger partial charge in [0.05, 0.1) is 12.2 Å². The molecule has 1 unspecified atom stereocenters. The number of rotatable bonds is 10. The topological polar surface area (TPSA) is 38.3 Å². The zero-order valence-corrected chi connectivity index (χ0v) is 13.7. The molecule has 1 N–H and O–H groups in total. The van der Waals surface area contributed by atoms with Crippen LogP contribution in [0, 0.1) is 5.92 Å². The van der Waals surface area contributed by atoms with Gasteiger partial charge in [-0.15, -0.1) is 0 Å². The largest absolute Gasteiger partial charge is 0.462 e. The van der Waals surface area contributed by atoms with Gasteiger partial charge < -0.3 is 10.1 Å². The summed E-state index contributed by atoms with van der Waals surface area (Å²) in [6.45, 7) is 5.75. The molecule has 0 aliphatic rings. The molecular weight excluding hydrogens is 262 g/mol. The number of unbranched alkanes of at least 4 members (excludes halogenated alkanes) is 1. The summed E-state index contributed by atoms with van der Waals surface area (Å²) in [5.41, 5.74) is 1.76. The smallest absolute Gasteiger partial charge is 0.338 e. The molecule has 0 aromatic heterocycles. The Balaban J connectivity index is 2.58. The second kappa shape index (κ2) is 10.4. The lowest BCUT2D eigenvalue weighted by atomic mass is 10.0. The average Bonchev–Trinajstić information content (AvgIpc) is 2.53. The molecule has 0 spiro atoms. The van der Waals surface area contributed by atoms with Crippen molar-refractivity contribution in [3.8, 4) is 0 Å². The first-order valence-electron chi connectivity index (χ1n) is 8.12. The van der Waals surface area contributed by atoms with E-state index in [9.17, 15) is 4.79 Å². The number of carbonyl (C=O) groups is 1. The summed E-state index contributed by atoms with van der Waals surface area (Å²) in [5.74, 6) is 0.301. The quantitative estimate of drug-likeness (QED) is 0.666. The maximum absolute atomic E-state index is 12.3.